The lowest BCUT2D eigenvalue weighted by Crippen LogP contribution is -2.17. The summed E-state index contributed by atoms with van der Waals surface area (Å²) >= 11 is 0. The SMILES string of the molecule is CCOC(=O)c1ccccc1NC(=O)c1cc(Nc2cc(C)ccc2C)ncn1. The van der Waals surface area contributed by atoms with E-state index in [4.69, 9.17) is 4.74 Å². The lowest BCUT2D eigenvalue weighted by molar-refractivity contribution is 0.0527. The Bertz CT molecular complexity index is 1050. The van der Waals surface area contributed by atoms with Crippen LogP contribution < -0.4 is 10.6 Å². The molecule has 29 heavy (non-hydrogen) atoms. The molecule has 0 fully saturated rings. The van der Waals surface area contributed by atoms with Gasteiger partial charge in [-0.3, -0.25) is 4.79 Å². The van der Waals surface area contributed by atoms with Gasteiger partial charge in [0.05, 0.1) is 17.9 Å². The molecule has 0 spiro atoms. The van der Waals surface area contributed by atoms with E-state index in [0.717, 1.165) is 16.8 Å². The van der Waals surface area contributed by atoms with Crippen LogP contribution in [0, 0.1) is 13.8 Å². The molecule has 7 heteroatoms. The smallest absolute Gasteiger partial charge is 0.340 e. The van der Waals surface area contributed by atoms with Gasteiger partial charge in [0.1, 0.15) is 17.8 Å². The van der Waals surface area contributed by atoms with Crippen LogP contribution in [0.1, 0.15) is 38.9 Å². The number of carbonyl (C=O) groups excluding carboxylic acids is 2. The lowest BCUT2D eigenvalue weighted by atomic mass is 10.1. The molecule has 0 bridgehead atoms. The molecule has 0 saturated heterocycles. The molecular formula is C22H22N4O3. The Labute approximate surface area is 169 Å². The molecular weight excluding hydrogens is 368 g/mol. The number of anilines is 3. The van der Waals surface area contributed by atoms with E-state index < -0.39 is 11.9 Å². The third-order valence-electron chi connectivity index (χ3n) is 4.23. The minimum absolute atomic E-state index is 0.173. The van der Waals surface area contributed by atoms with Gasteiger partial charge < -0.3 is 15.4 Å². The number of hydrogen-bond donors (Lipinski definition) is 2. The number of hydrogen-bond acceptors (Lipinski definition) is 6. The minimum atomic E-state index is -0.497. The third kappa shape index (κ3) is 4.95. The van der Waals surface area contributed by atoms with Gasteiger partial charge in [0, 0.05) is 11.8 Å². The van der Waals surface area contributed by atoms with E-state index in [1.807, 2.05) is 32.0 Å². The van der Waals surface area contributed by atoms with Crippen molar-refractivity contribution in [2.24, 2.45) is 0 Å². The number of aromatic nitrogens is 2. The van der Waals surface area contributed by atoms with Crippen LogP contribution in [0.3, 0.4) is 0 Å². The number of aryl methyl sites for hydroxylation is 2. The first kappa shape index (κ1) is 20.0. The maximum atomic E-state index is 12.7. The largest absolute Gasteiger partial charge is 0.462 e. The Morgan fingerprint density at radius 2 is 1.79 bits per heavy atom. The summed E-state index contributed by atoms with van der Waals surface area (Å²) in [5.74, 6) is -0.450. The maximum Gasteiger partial charge on any atom is 0.340 e. The summed E-state index contributed by atoms with van der Waals surface area (Å²) in [5, 5.41) is 5.93. The molecule has 0 atom stereocenters. The van der Waals surface area contributed by atoms with Gasteiger partial charge in [-0.05, 0) is 50.1 Å². The van der Waals surface area contributed by atoms with Crippen LogP contribution >= 0.6 is 0 Å². The fourth-order valence-corrected chi connectivity index (χ4v) is 2.72. The number of nitrogens with one attached hydrogen (secondary N) is 2. The van der Waals surface area contributed by atoms with E-state index in [2.05, 4.69) is 20.6 Å². The van der Waals surface area contributed by atoms with E-state index in [-0.39, 0.29) is 17.9 Å². The van der Waals surface area contributed by atoms with Gasteiger partial charge in [0.15, 0.2) is 0 Å². The Balaban J connectivity index is 1.80. The molecule has 0 aliphatic heterocycles. The number of amides is 1. The predicted molar refractivity (Wildman–Crippen MR) is 112 cm³/mol. The second-order valence-corrected chi connectivity index (χ2v) is 6.45. The highest BCUT2D eigenvalue weighted by molar-refractivity contribution is 6.07. The highest BCUT2D eigenvalue weighted by Gasteiger charge is 2.16. The molecule has 0 saturated carbocycles. The average Bonchev–Trinajstić information content (AvgIpc) is 2.71. The van der Waals surface area contributed by atoms with Crippen molar-refractivity contribution >= 4 is 29.1 Å². The average molecular weight is 390 g/mol. The summed E-state index contributed by atoms with van der Waals surface area (Å²) in [4.78, 5) is 33.0. The molecule has 3 rings (SSSR count). The number of ether oxygens (including phenoxy) is 1. The number of rotatable bonds is 6. The van der Waals surface area contributed by atoms with Crippen molar-refractivity contribution in [2.75, 3.05) is 17.2 Å². The first-order valence-corrected chi connectivity index (χ1v) is 9.21. The summed E-state index contributed by atoms with van der Waals surface area (Å²) in [6, 6.07) is 14.3. The zero-order valence-electron chi connectivity index (χ0n) is 16.5. The van der Waals surface area contributed by atoms with E-state index >= 15 is 0 Å². The Morgan fingerprint density at radius 1 is 1.00 bits per heavy atom. The van der Waals surface area contributed by atoms with Crippen LogP contribution in [0.2, 0.25) is 0 Å². The van der Waals surface area contributed by atoms with Crippen molar-refractivity contribution in [3.8, 4) is 0 Å². The van der Waals surface area contributed by atoms with E-state index in [0.29, 0.717) is 11.5 Å². The standard InChI is InChI=1S/C22H22N4O3/c1-4-29-22(28)16-7-5-6-8-17(16)26-21(27)19-12-20(24-13-23-19)25-18-11-14(2)9-10-15(18)3/h5-13H,4H2,1-3H3,(H,26,27)(H,23,24,25). The van der Waals surface area contributed by atoms with E-state index in [1.54, 1.807) is 37.3 Å². The minimum Gasteiger partial charge on any atom is -0.462 e. The Hall–Kier alpha value is -3.74. The van der Waals surface area contributed by atoms with Crippen LogP contribution in [0.5, 0.6) is 0 Å². The monoisotopic (exact) mass is 390 g/mol. The predicted octanol–water partition coefficient (Wildman–Crippen LogP) is 4.27. The summed E-state index contributed by atoms with van der Waals surface area (Å²) in [5.41, 5.74) is 3.89. The summed E-state index contributed by atoms with van der Waals surface area (Å²) in [6.45, 7) is 5.97. The molecule has 2 N–H and O–H groups in total. The number of esters is 1. The van der Waals surface area contributed by atoms with Crippen molar-refractivity contribution in [2.45, 2.75) is 20.8 Å². The molecule has 1 amide bonds. The number of benzene rings is 2. The zero-order chi connectivity index (χ0) is 20.8. The lowest BCUT2D eigenvalue weighted by Gasteiger charge is -2.12. The normalized spacial score (nSPS) is 10.3. The fraction of sp³-hybridized carbons (Fsp3) is 0.182. The summed E-state index contributed by atoms with van der Waals surface area (Å²) < 4.78 is 5.04. The van der Waals surface area contributed by atoms with Crippen LogP contribution in [0.25, 0.3) is 0 Å². The zero-order valence-corrected chi connectivity index (χ0v) is 16.5. The molecule has 0 unspecified atom stereocenters. The molecule has 0 aliphatic rings. The van der Waals surface area contributed by atoms with Crippen molar-refractivity contribution < 1.29 is 14.3 Å². The Kier molecular flexibility index (Phi) is 6.19. The van der Waals surface area contributed by atoms with Gasteiger partial charge >= 0.3 is 5.97 Å². The summed E-state index contributed by atoms with van der Waals surface area (Å²) in [6.07, 6.45) is 1.32. The van der Waals surface area contributed by atoms with Gasteiger partial charge in [-0.15, -0.1) is 0 Å². The first-order valence-electron chi connectivity index (χ1n) is 9.21. The van der Waals surface area contributed by atoms with Crippen LogP contribution in [-0.2, 0) is 4.74 Å². The molecule has 3 aromatic rings. The fourth-order valence-electron chi connectivity index (χ4n) is 2.72. The van der Waals surface area contributed by atoms with Crippen molar-refractivity contribution in [1.82, 2.24) is 9.97 Å². The summed E-state index contributed by atoms with van der Waals surface area (Å²) in [7, 11) is 0. The van der Waals surface area contributed by atoms with Gasteiger partial charge in [-0.25, -0.2) is 14.8 Å². The van der Waals surface area contributed by atoms with Gasteiger partial charge in [0.2, 0.25) is 0 Å². The third-order valence-corrected chi connectivity index (χ3v) is 4.23. The topological polar surface area (TPSA) is 93.2 Å². The van der Waals surface area contributed by atoms with E-state index in [9.17, 15) is 9.59 Å². The van der Waals surface area contributed by atoms with Gasteiger partial charge in [-0.1, -0.05) is 24.3 Å². The van der Waals surface area contributed by atoms with E-state index in [1.165, 1.54) is 6.33 Å². The highest BCUT2D eigenvalue weighted by atomic mass is 16.5. The number of nitrogens with zero attached hydrogens (tertiary/aromatic N) is 2. The van der Waals surface area contributed by atoms with Crippen molar-refractivity contribution in [3.05, 3.63) is 77.2 Å². The molecule has 7 nitrogen and oxygen atoms in total. The van der Waals surface area contributed by atoms with Crippen molar-refractivity contribution in [1.29, 1.82) is 0 Å². The Morgan fingerprint density at radius 3 is 2.59 bits per heavy atom. The second-order valence-electron chi connectivity index (χ2n) is 6.45. The maximum absolute atomic E-state index is 12.7. The molecule has 148 valence electrons. The van der Waals surface area contributed by atoms with Crippen LogP contribution in [0.4, 0.5) is 17.2 Å². The van der Waals surface area contributed by atoms with Crippen LogP contribution in [0.15, 0.2) is 54.9 Å². The number of carbonyl (C=O) groups is 2. The molecule has 0 radical (unpaired) electrons. The molecule has 2 aromatic carbocycles. The number of para-hydroxylation sites is 1. The molecule has 0 aliphatic carbocycles. The highest BCUT2D eigenvalue weighted by Crippen LogP contribution is 2.21. The van der Waals surface area contributed by atoms with Gasteiger partial charge in [-0.2, -0.15) is 0 Å². The van der Waals surface area contributed by atoms with Crippen LogP contribution in [-0.4, -0.2) is 28.5 Å². The van der Waals surface area contributed by atoms with Crippen molar-refractivity contribution in [3.63, 3.8) is 0 Å². The molecule has 1 aromatic heterocycles. The second kappa shape index (κ2) is 8.97. The van der Waals surface area contributed by atoms with Gasteiger partial charge in [0.25, 0.3) is 5.91 Å². The molecule has 1 heterocycles. The first-order chi connectivity index (χ1) is 14.0. The quantitative estimate of drug-likeness (QED) is 0.611.